The summed E-state index contributed by atoms with van der Waals surface area (Å²) in [7, 11) is 3.04. The smallest absolute Gasteiger partial charge is 0.325 e. The first-order chi connectivity index (χ1) is 16.9. The number of amides is 2. The Morgan fingerprint density at radius 3 is 2.22 bits per heavy atom. The molecule has 36 heavy (non-hydrogen) atoms. The van der Waals surface area contributed by atoms with E-state index in [-0.39, 0.29) is 12.2 Å². The summed E-state index contributed by atoms with van der Waals surface area (Å²) in [5.41, 5.74) is -0.707. The minimum Gasteiger partial charge on any atom is -0.508 e. The summed E-state index contributed by atoms with van der Waals surface area (Å²) in [6.07, 6.45) is -0.0608. The zero-order valence-corrected chi connectivity index (χ0v) is 21.3. The first-order valence-electron chi connectivity index (χ1n) is 11.8. The number of carbonyl (C=O) groups is 3. The lowest BCUT2D eigenvalue weighted by atomic mass is 9.76. The van der Waals surface area contributed by atoms with Crippen LogP contribution in [-0.4, -0.2) is 58.2 Å². The monoisotopic (exact) mass is 496 g/mol. The molecule has 4 unspecified atom stereocenters. The van der Waals surface area contributed by atoms with Crippen LogP contribution in [0.3, 0.4) is 0 Å². The molecule has 0 spiro atoms. The van der Waals surface area contributed by atoms with Gasteiger partial charge in [0, 0.05) is 29.1 Å². The molecule has 4 rings (SSSR count). The second-order valence-corrected chi connectivity index (χ2v) is 10.4. The van der Waals surface area contributed by atoms with Crippen LogP contribution < -0.4 is 14.8 Å². The number of imide groups is 1. The molecule has 2 amide bonds. The maximum absolute atomic E-state index is 13.8. The summed E-state index contributed by atoms with van der Waals surface area (Å²) in [4.78, 5) is 41.8. The molecule has 3 N–H and O–H groups in total. The summed E-state index contributed by atoms with van der Waals surface area (Å²) in [5.74, 6) is -3.16. The van der Waals surface area contributed by atoms with Gasteiger partial charge in [-0.25, -0.2) is 0 Å². The molecule has 0 saturated carbocycles. The topological polar surface area (TPSA) is 125 Å². The van der Waals surface area contributed by atoms with Crippen molar-refractivity contribution in [2.24, 2.45) is 11.8 Å². The fourth-order valence-electron chi connectivity index (χ4n) is 5.73. The van der Waals surface area contributed by atoms with E-state index < -0.39 is 46.7 Å². The van der Waals surface area contributed by atoms with Gasteiger partial charge in [0.2, 0.25) is 11.8 Å². The van der Waals surface area contributed by atoms with E-state index >= 15 is 0 Å². The summed E-state index contributed by atoms with van der Waals surface area (Å²) in [5, 5.41) is 23.5. The largest absolute Gasteiger partial charge is 0.508 e. The summed E-state index contributed by atoms with van der Waals surface area (Å²) >= 11 is 0. The molecular weight excluding hydrogens is 464 g/mol. The normalized spacial score (nSPS) is 25.7. The number of likely N-dealkylation sites (tertiary alicyclic amines) is 1. The number of aromatic hydroxyl groups is 1. The van der Waals surface area contributed by atoms with Gasteiger partial charge in [0.1, 0.15) is 22.8 Å². The highest BCUT2D eigenvalue weighted by atomic mass is 16.5. The summed E-state index contributed by atoms with van der Waals surface area (Å²) < 4.78 is 11.1. The van der Waals surface area contributed by atoms with Crippen LogP contribution in [0.2, 0.25) is 0 Å². The van der Waals surface area contributed by atoms with Crippen molar-refractivity contribution < 1.29 is 34.1 Å². The van der Waals surface area contributed by atoms with Crippen molar-refractivity contribution in [1.82, 2.24) is 10.2 Å². The number of carbonyl (C=O) groups excluding carboxylic acids is 2. The lowest BCUT2D eigenvalue weighted by Gasteiger charge is -2.35. The number of carboxylic acids is 1. The van der Waals surface area contributed by atoms with E-state index in [1.54, 1.807) is 52.1 Å². The van der Waals surface area contributed by atoms with Gasteiger partial charge in [-0.05, 0) is 51.5 Å². The highest BCUT2D eigenvalue weighted by Gasteiger charge is 2.69. The third kappa shape index (κ3) is 3.78. The Balaban J connectivity index is 1.93. The van der Waals surface area contributed by atoms with E-state index in [0.29, 0.717) is 28.2 Å². The molecule has 2 aliphatic rings. The van der Waals surface area contributed by atoms with E-state index in [4.69, 9.17) is 9.47 Å². The van der Waals surface area contributed by atoms with Gasteiger partial charge in [0.05, 0.1) is 26.1 Å². The van der Waals surface area contributed by atoms with Gasteiger partial charge in [-0.15, -0.1) is 0 Å². The molecule has 9 nitrogen and oxygen atoms in total. The van der Waals surface area contributed by atoms with Crippen LogP contribution in [0.25, 0.3) is 0 Å². The predicted octanol–water partition coefficient (Wildman–Crippen LogP) is 2.83. The molecule has 2 aromatic rings. The molecule has 2 saturated heterocycles. The molecule has 2 aromatic carbocycles. The minimum atomic E-state index is -1.77. The number of fused-ring (bicyclic) bond motifs is 1. The molecular formula is C27H32N2O7. The predicted molar refractivity (Wildman–Crippen MR) is 131 cm³/mol. The molecule has 2 fully saturated rings. The van der Waals surface area contributed by atoms with Crippen molar-refractivity contribution in [2.45, 2.75) is 51.2 Å². The number of hydrogen-bond acceptors (Lipinski definition) is 7. The number of carboxylic acid groups (broad SMARTS) is 1. The number of phenolic OH excluding ortho intramolecular Hbond substituents is 1. The summed E-state index contributed by atoms with van der Waals surface area (Å²) in [6.45, 7) is 7.09. The van der Waals surface area contributed by atoms with Gasteiger partial charge < -0.3 is 19.7 Å². The number of phenols is 1. The molecule has 0 aliphatic carbocycles. The van der Waals surface area contributed by atoms with Gasteiger partial charge in [0.25, 0.3) is 0 Å². The van der Waals surface area contributed by atoms with E-state index in [0.717, 1.165) is 0 Å². The molecule has 4 atom stereocenters. The molecule has 2 heterocycles. The number of aliphatic carboxylic acids is 1. The van der Waals surface area contributed by atoms with Gasteiger partial charge in [-0.1, -0.05) is 18.2 Å². The molecule has 9 heteroatoms. The number of nitrogens with zero attached hydrogens (tertiary/aromatic N) is 1. The van der Waals surface area contributed by atoms with Crippen LogP contribution in [0.1, 0.15) is 43.5 Å². The third-order valence-corrected chi connectivity index (χ3v) is 7.27. The van der Waals surface area contributed by atoms with Crippen LogP contribution in [0, 0.1) is 18.8 Å². The number of methoxy groups -OCH3 is 2. The first kappa shape index (κ1) is 25.5. The van der Waals surface area contributed by atoms with Crippen LogP contribution in [-0.2, 0) is 20.8 Å². The van der Waals surface area contributed by atoms with Crippen LogP contribution >= 0.6 is 0 Å². The Labute approximate surface area is 210 Å². The Morgan fingerprint density at radius 2 is 1.69 bits per heavy atom. The van der Waals surface area contributed by atoms with Crippen molar-refractivity contribution in [1.29, 1.82) is 0 Å². The average Bonchev–Trinajstić information content (AvgIpc) is 3.29. The maximum Gasteiger partial charge on any atom is 0.325 e. The van der Waals surface area contributed by atoms with Gasteiger partial charge >= 0.3 is 5.97 Å². The number of ether oxygens (including phenoxy) is 2. The van der Waals surface area contributed by atoms with Gasteiger partial charge in [-0.2, -0.15) is 0 Å². The number of benzene rings is 2. The average molecular weight is 497 g/mol. The van der Waals surface area contributed by atoms with Crippen LogP contribution in [0.15, 0.2) is 36.4 Å². The summed E-state index contributed by atoms with van der Waals surface area (Å²) in [6, 6.07) is 8.85. The quantitative estimate of drug-likeness (QED) is 0.522. The van der Waals surface area contributed by atoms with Crippen molar-refractivity contribution in [3.8, 4) is 17.2 Å². The Kier molecular flexibility index (Phi) is 6.24. The van der Waals surface area contributed by atoms with Crippen molar-refractivity contribution in [3.05, 3.63) is 53.1 Å². The fourth-order valence-corrected chi connectivity index (χ4v) is 5.73. The fraction of sp³-hybridized carbons (Fsp3) is 0.444. The van der Waals surface area contributed by atoms with Crippen LogP contribution in [0.4, 0.5) is 0 Å². The molecule has 0 aromatic heterocycles. The first-order valence-corrected chi connectivity index (χ1v) is 11.8. The lowest BCUT2D eigenvalue weighted by Crippen LogP contribution is -2.58. The third-order valence-electron chi connectivity index (χ3n) is 7.27. The number of rotatable bonds is 6. The number of nitrogens with one attached hydrogen (secondary N) is 1. The van der Waals surface area contributed by atoms with E-state index in [1.807, 2.05) is 6.92 Å². The minimum absolute atomic E-state index is 0.0442. The lowest BCUT2D eigenvalue weighted by molar-refractivity contribution is -0.153. The van der Waals surface area contributed by atoms with Crippen molar-refractivity contribution in [3.63, 3.8) is 0 Å². The Morgan fingerprint density at radius 1 is 1.06 bits per heavy atom. The second-order valence-electron chi connectivity index (χ2n) is 10.4. The Bertz CT molecular complexity index is 1220. The molecule has 192 valence electrons. The second kappa shape index (κ2) is 8.81. The zero-order chi connectivity index (χ0) is 26.6. The number of hydrogen-bond donors (Lipinski definition) is 3. The van der Waals surface area contributed by atoms with Crippen LogP contribution in [0.5, 0.6) is 17.2 Å². The van der Waals surface area contributed by atoms with E-state index in [2.05, 4.69) is 5.32 Å². The van der Waals surface area contributed by atoms with Crippen molar-refractivity contribution in [2.75, 3.05) is 14.2 Å². The van der Waals surface area contributed by atoms with Crippen molar-refractivity contribution >= 4 is 17.8 Å². The highest BCUT2D eigenvalue weighted by molar-refractivity contribution is 6.10. The molecule has 0 radical (unpaired) electrons. The van der Waals surface area contributed by atoms with Gasteiger partial charge in [-0.3, -0.25) is 24.6 Å². The maximum atomic E-state index is 13.8. The molecule has 2 aliphatic heterocycles. The highest BCUT2D eigenvalue weighted by Crippen LogP contribution is 2.53. The van der Waals surface area contributed by atoms with E-state index in [1.165, 1.54) is 24.1 Å². The Hall–Kier alpha value is -3.59. The SMILES string of the molecule is COc1ccc(C2NC(Cc3ccc(O)cc3)(C(=O)O)C3C(=O)N(C(C)(C)C)C(=O)C23)c(OC)c1C. The van der Waals surface area contributed by atoms with E-state index in [9.17, 15) is 24.6 Å². The zero-order valence-electron chi connectivity index (χ0n) is 21.3. The molecule has 0 bridgehead atoms. The standard InChI is InChI=1S/C27H32N2O7/c1-14-18(35-5)12-11-17(22(14)36-6)21-19-20(24(32)29(23(19)31)26(2,3)4)27(28-21,25(33)34)13-15-7-9-16(30)10-8-15/h7-12,19-21,28,30H,13H2,1-6H3,(H,33,34). The van der Waals surface area contributed by atoms with Gasteiger partial charge in [0.15, 0.2) is 0 Å².